The molecule has 0 saturated carbocycles. The van der Waals surface area contributed by atoms with Gasteiger partial charge >= 0.3 is 0 Å². The van der Waals surface area contributed by atoms with Crippen LogP contribution >= 0.6 is 11.6 Å². The lowest BCUT2D eigenvalue weighted by Crippen LogP contribution is -2.21. The minimum atomic E-state index is -0.450. The van der Waals surface area contributed by atoms with Crippen molar-refractivity contribution in [1.29, 1.82) is 0 Å². The molecule has 1 aromatic carbocycles. The molecular weight excluding hydrogens is 255 g/mol. The minimum absolute atomic E-state index is 0.0626. The molecule has 0 radical (unpaired) electrons. The van der Waals surface area contributed by atoms with E-state index < -0.39 is 5.82 Å². The average molecular weight is 269 g/mol. The number of nitrogens with zero attached hydrogens (tertiary/aromatic N) is 1. The van der Waals surface area contributed by atoms with Gasteiger partial charge < -0.3 is 9.73 Å². The molecule has 3 nitrogen and oxygen atoms in total. The molecule has 1 aromatic heterocycles. The Morgan fingerprint density at radius 2 is 2.22 bits per heavy atom. The molecular formula is C13H14ClFN2O. The van der Waals surface area contributed by atoms with Crippen molar-refractivity contribution in [2.24, 2.45) is 0 Å². The highest BCUT2D eigenvalue weighted by atomic mass is 35.5. The molecule has 2 rings (SSSR count). The highest BCUT2D eigenvalue weighted by molar-refractivity contribution is 6.31. The first-order chi connectivity index (χ1) is 8.56. The maximum absolute atomic E-state index is 13.0. The Morgan fingerprint density at radius 3 is 2.89 bits per heavy atom. The summed E-state index contributed by atoms with van der Waals surface area (Å²) in [5.41, 5.74) is 1.47. The maximum Gasteiger partial charge on any atom is 0.226 e. The Kier molecular flexibility index (Phi) is 3.99. The quantitative estimate of drug-likeness (QED) is 0.920. The number of halogens is 2. The first-order valence-corrected chi connectivity index (χ1v) is 6.07. The molecule has 1 heterocycles. The van der Waals surface area contributed by atoms with Crippen LogP contribution in [0.2, 0.25) is 5.02 Å². The van der Waals surface area contributed by atoms with Crippen LogP contribution in [0.3, 0.4) is 0 Å². The SMILES string of the molecule is CC(C)NCc1coc(-c2ccc(F)c(Cl)c2)n1. The highest BCUT2D eigenvalue weighted by Crippen LogP contribution is 2.24. The Morgan fingerprint density at radius 1 is 1.44 bits per heavy atom. The Balaban J connectivity index is 2.16. The van der Waals surface area contributed by atoms with E-state index in [0.29, 0.717) is 24.0 Å². The largest absolute Gasteiger partial charge is 0.444 e. The van der Waals surface area contributed by atoms with E-state index in [-0.39, 0.29) is 5.02 Å². The molecule has 0 unspecified atom stereocenters. The van der Waals surface area contributed by atoms with E-state index in [9.17, 15) is 4.39 Å². The van der Waals surface area contributed by atoms with Crippen LogP contribution in [0, 0.1) is 5.82 Å². The maximum atomic E-state index is 13.0. The molecule has 0 aliphatic heterocycles. The first kappa shape index (κ1) is 13.1. The van der Waals surface area contributed by atoms with Gasteiger partial charge in [-0.05, 0) is 18.2 Å². The molecule has 0 atom stereocenters. The molecule has 1 N–H and O–H groups in total. The van der Waals surface area contributed by atoms with Crippen molar-refractivity contribution in [2.45, 2.75) is 26.4 Å². The zero-order valence-electron chi connectivity index (χ0n) is 10.2. The lowest BCUT2D eigenvalue weighted by molar-refractivity contribution is 0.560. The fraction of sp³-hybridized carbons (Fsp3) is 0.308. The normalized spacial score (nSPS) is 11.2. The number of rotatable bonds is 4. The minimum Gasteiger partial charge on any atom is -0.444 e. The zero-order chi connectivity index (χ0) is 13.1. The lowest BCUT2D eigenvalue weighted by atomic mass is 10.2. The van der Waals surface area contributed by atoms with Crippen molar-refractivity contribution >= 4 is 11.6 Å². The van der Waals surface area contributed by atoms with Gasteiger partial charge in [-0.3, -0.25) is 0 Å². The second kappa shape index (κ2) is 5.50. The molecule has 0 fully saturated rings. The number of aromatic nitrogens is 1. The van der Waals surface area contributed by atoms with Crippen LogP contribution in [0.15, 0.2) is 28.9 Å². The summed E-state index contributed by atoms with van der Waals surface area (Å²) in [6, 6.07) is 4.77. The summed E-state index contributed by atoms with van der Waals surface area (Å²) in [6.07, 6.45) is 1.59. The van der Waals surface area contributed by atoms with Gasteiger partial charge in [-0.25, -0.2) is 9.37 Å². The number of hydrogen-bond acceptors (Lipinski definition) is 3. The van der Waals surface area contributed by atoms with Gasteiger partial charge in [0.05, 0.1) is 10.7 Å². The van der Waals surface area contributed by atoms with Crippen molar-refractivity contribution < 1.29 is 8.81 Å². The van der Waals surface area contributed by atoms with Crippen LogP contribution in [-0.4, -0.2) is 11.0 Å². The van der Waals surface area contributed by atoms with E-state index in [1.54, 1.807) is 12.3 Å². The van der Waals surface area contributed by atoms with E-state index in [1.807, 2.05) is 0 Å². The standard InChI is InChI=1S/C13H14ClFN2O/c1-8(2)16-6-10-7-18-13(17-10)9-3-4-12(15)11(14)5-9/h3-5,7-8,16H,6H2,1-2H3. The summed E-state index contributed by atoms with van der Waals surface area (Å²) in [5.74, 6) is -0.00822. The third-order valence-corrected chi connectivity index (χ3v) is 2.70. The molecule has 0 amide bonds. The van der Waals surface area contributed by atoms with Crippen LogP contribution in [0.25, 0.3) is 11.5 Å². The second-order valence-corrected chi connectivity index (χ2v) is 4.72. The van der Waals surface area contributed by atoms with Gasteiger partial charge in [0.15, 0.2) is 0 Å². The molecule has 0 saturated heterocycles. The lowest BCUT2D eigenvalue weighted by Gasteiger charge is -2.04. The highest BCUT2D eigenvalue weighted by Gasteiger charge is 2.09. The van der Waals surface area contributed by atoms with Gasteiger partial charge in [-0.1, -0.05) is 25.4 Å². The third kappa shape index (κ3) is 3.09. The predicted molar refractivity (Wildman–Crippen MR) is 68.9 cm³/mol. The number of oxazole rings is 1. The topological polar surface area (TPSA) is 38.1 Å². The zero-order valence-corrected chi connectivity index (χ0v) is 11.0. The van der Waals surface area contributed by atoms with E-state index >= 15 is 0 Å². The van der Waals surface area contributed by atoms with Crippen molar-refractivity contribution in [3.63, 3.8) is 0 Å². The number of nitrogens with one attached hydrogen (secondary N) is 1. The predicted octanol–water partition coefficient (Wildman–Crippen LogP) is 3.63. The second-order valence-electron chi connectivity index (χ2n) is 4.31. The monoisotopic (exact) mass is 268 g/mol. The summed E-state index contributed by atoms with van der Waals surface area (Å²) in [6.45, 7) is 4.75. The molecule has 2 aromatic rings. The van der Waals surface area contributed by atoms with E-state index in [2.05, 4.69) is 24.1 Å². The van der Waals surface area contributed by atoms with Crippen LogP contribution in [0.1, 0.15) is 19.5 Å². The van der Waals surface area contributed by atoms with E-state index in [4.69, 9.17) is 16.0 Å². The Labute approximate surface area is 110 Å². The summed E-state index contributed by atoms with van der Waals surface area (Å²) in [4.78, 5) is 4.31. The Hall–Kier alpha value is -1.39. The summed E-state index contributed by atoms with van der Waals surface area (Å²) in [5, 5.41) is 3.30. The molecule has 0 spiro atoms. The number of hydrogen-bond donors (Lipinski definition) is 1. The summed E-state index contributed by atoms with van der Waals surface area (Å²) < 4.78 is 18.4. The van der Waals surface area contributed by atoms with Crippen molar-refractivity contribution in [2.75, 3.05) is 0 Å². The van der Waals surface area contributed by atoms with Gasteiger partial charge in [0.2, 0.25) is 5.89 Å². The molecule has 0 aliphatic carbocycles. The fourth-order valence-corrected chi connectivity index (χ4v) is 1.64. The van der Waals surface area contributed by atoms with Gasteiger partial charge in [0, 0.05) is 18.2 Å². The average Bonchev–Trinajstić information content (AvgIpc) is 2.79. The molecule has 96 valence electrons. The third-order valence-electron chi connectivity index (χ3n) is 2.41. The molecule has 0 aliphatic rings. The van der Waals surface area contributed by atoms with Gasteiger partial charge in [0.25, 0.3) is 0 Å². The van der Waals surface area contributed by atoms with Gasteiger partial charge in [0.1, 0.15) is 12.1 Å². The molecule has 0 bridgehead atoms. The van der Waals surface area contributed by atoms with Crippen molar-refractivity contribution in [1.82, 2.24) is 10.3 Å². The van der Waals surface area contributed by atoms with Gasteiger partial charge in [-0.15, -0.1) is 0 Å². The van der Waals surface area contributed by atoms with Crippen LogP contribution in [0.5, 0.6) is 0 Å². The van der Waals surface area contributed by atoms with E-state index in [0.717, 1.165) is 5.69 Å². The van der Waals surface area contributed by atoms with Crippen LogP contribution in [0.4, 0.5) is 4.39 Å². The molecule has 5 heteroatoms. The molecule has 18 heavy (non-hydrogen) atoms. The number of benzene rings is 1. The summed E-state index contributed by atoms with van der Waals surface area (Å²) >= 11 is 5.72. The van der Waals surface area contributed by atoms with Crippen LogP contribution in [-0.2, 0) is 6.54 Å². The van der Waals surface area contributed by atoms with Gasteiger partial charge in [-0.2, -0.15) is 0 Å². The summed E-state index contributed by atoms with van der Waals surface area (Å²) in [7, 11) is 0. The fourth-order valence-electron chi connectivity index (χ4n) is 1.46. The van der Waals surface area contributed by atoms with E-state index in [1.165, 1.54) is 12.1 Å². The van der Waals surface area contributed by atoms with Crippen molar-refractivity contribution in [3.8, 4) is 11.5 Å². The Bertz CT molecular complexity index is 540. The first-order valence-electron chi connectivity index (χ1n) is 5.69. The van der Waals surface area contributed by atoms with Crippen LogP contribution < -0.4 is 5.32 Å². The smallest absolute Gasteiger partial charge is 0.226 e. The van der Waals surface area contributed by atoms with Crippen molar-refractivity contribution in [3.05, 3.63) is 41.0 Å².